The number of anilines is 1. The van der Waals surface area contributed by atoms with Gasteiger partial charge in [0.2, 0.25) is 0 Å². The van der Waals surface area contributed by atoms with Crippen molar-refractivity contribution in [1.82, 2.24) is 0 Å². The highest BCUT2D eigenvalue weighted by atomic mass is 19.4. The van der Waals surface area contributed by atoms with Crippen LogP contribution in [0.4, 0.5) is 18.9 Å². The number of hydrogen-bond acceptors (Lipinski definition) is 1. The summed E-state index contributed by atoms with van der Waals surface area (Å²) in [7, 11) is 0. The highest BCUT2D eigenvalue weighted by Gasteiger charge is 2.39. The number of fused-ring (bicyclic) bond motifs is 3. The molecule has 116 valence electrons. The molecule has 2 aromatic carbocycles. The second-order valence-electron chi connectivity index (χ2n) is 6.56. The van der Waals surface area contributed by atoms with E-state index in [0.29, 0.717) is 17.7 Å². The monoisotopic (exact) mass is 305 g/mol. The first-order chi connectivity index (χ1) is 10.2. The van der Waals surface area contributed by atoms with E-state index in [0.717, 1.165) is 16.7 Å². The van der Waals surface area contributed by atoms with Crippen LogP contribution in [0.25, 0.3) is 11.1 Å². The summed E-state index contributed by atoms with van der Waals surface area (Å²) in [6.07, 6.45) is -4.40. The lowest BCUT2D eigenvalue weighted by molar-refractivity contribution is -0.145. The van der Waals surface area contributed by atoms with Crippen molar-refractivity contribution in [3.63, 3.8) is 0 Å². The van der Waals surface area contributed by atoms with E-state index >= 15 is 0 Å². The van der Waals surface area contributed by atoms with Crippen LogP contribution in [-0.4, -0.2) is 6.18 Å². The zero-order chi connectivity index (χ0) is 16.1. The molecule has 0 heterocycles. The topological polar surface area (TPSA) is 26.0 Å². The first-order valence-corrected chi connectivity index (χ1v) is 7.26. The average molecular weight is 305 g/mol. The van der Waals surface area contributed by atoms with Crippen LogP contribution >= 0.6 is 0 Å². The van der Waals surface area contributed by atoms with Crippen LogP contribution in [0.1, 0.15) is 37.0 Å². The summed E-state index contributed by atoms with van der Waals surface area (Å²) in [6, 6.07) is 11.7. The molecule has 0 atom stereocenters. The van der Waals surface area contributed by atoms with E-state index in [4.69, 9.17) is 5.73 Å². The van der Waals surface area contributed by atoms with Crippen LogP contribution in [-0.2, 0) is 11.8 Å². The molecule has 0 aliphatic heterocycles. The Kier molecular flexibility index (Phi) is 3.24. The van der Waals surface area contributed by atoms with Crippen molar-refractivity contribution in [1.29, 1.82) is 0 Å². The Hall–Kier alpha value is -1.97. The van der Waals surface area contributed by atoms with Gasteiger partial charge >= 0.3 is 6.18 Å². The lowest BCUT2D eigenvalue weighted by Gasteiger charge is -2.29. The molecule has 2 aromatic rings. The molecule has 0 saturated heterocycles. The van der Waals surface area contributed by atoms with Crippen molar-refractivity contribution >= 4 is 5.69 Å². The molecular weight excluding hydrogens is 287 g/mol. The minimum absolute atomic E-state index is 0.503. The SMILES string of the molecule is CC(C)(CC(F)(F)F)c1ccc2c(c1N)Cc1ccccc1-2. The summed E-state index contributed by atoms with van der Waals surface area (Å²) < 4.78 is 38.5. The summed E-state index contributed by atoms with van der Waals surface area (Å²) in [5.74, 6) is 0. The minimum Gasteiger partial charge on any atom is -0.398 e. The van der Waals surface area contributed by atoms with E-state index in [9.17, 15) is 13.2 Å². The maximum atomic E-state index is 12.8. The first-order valence-electron chi connectivity index (χ1n) is 7.26. The van der Waals surface area contributed by atoms with Crippen LogP contribution in [0.5, 0.6) is 0 Å². The van der Waals surface area contributed by atoms with Gasteiger partial charge < -0.3 is 5.73 Å². The predicted molar refractivity (Wildman–Crippen MR) is 82.8 cm³/mol. The van der Waals surface area contributed by atoms with Gasteiger partial charge in [0.05, 0.1) is 6.42 Å². The third-order valence-electron chi connectivity index (χ3n) is 4.40. The molecule has 0 unspecified atom stereocenters. The Morgan fingerprint density at radius 1 is 1.00 bits per heavy atom. The highest BCUT2D eigenvalue weighted by molar-refractivity contribution is 5.82. The second kappa shape index (κ2) is 4.77. The van der Waals surface area contributed by atoms with E-state index in [1.807, 2.05) is 30.3 Å². The van der Waals surface area contributed by atoms with Gasteiger partial charge in [0, 0.05) is 17.5 Å². The van der Waals surface area contributed by atoms with Gasteiger partial charge in [-0.3, -0.25) is 0 Å². The quantitative estimate of drug-likeness (QED) is 0.657. The van der Waals surface area contributed by atoms with Crippen LogP contribution < -0.4 is 5.73 Å². The fraction of sp³-hybridized carbons (Fsp3) is 0.333. The predicted octanol–water partition coefficient (Wildman–Crippen LogP) is 5.07. The van der Waals surface area contributed by atoms with Crippen LogP contribution in [0.15, 0.2) is 36.4 Å². The molecular formula is C18H18F3N. The Bertz CT molecular complexity index is 730. The molecule has 3 rings (SSSR count). The Labute approximate surface area is 128 Å². The van der Waals surface area contributed by atoms with Crippen molar-refractivity contribution in [2.75, 3.05) is 5.73 Å². The van der Waals surface area contributed by atoms with Gasteiger partial charge in [-0.2, -0.15) is 13.2 Å². The summed E-state index contributed by atoms with van der Waals surface area (Å²) in [5, 5.41) is 0. The Morgan fingerprint density at radius 2 is 1.68 bits per heavy atom. The van der Waals surface area contributed by atoms with Gasteiger partial charge in [0.1, 0.15) is 0 Å². The zero-order valence-electron chi connectivity index (χ0n) is 12.6. The third kappa shape index (κ3) is 2.47. The smallest absolute Gasteiger partial charge is 0.389 e. The van der Waals surface area contributed by atoms with Crippen molar-refractivity contribution in [2.24, 2.45) is 0 Å². The minimum atomic E-state index is -4.21. The fourth-order valence-electron chi connectivity index (χ4n) is 3.42. The van der Waals surface area contributed by atoms with Crippen LogP contribution in [0.2, 0.25) is 0 Å². The van der Waals surface area contributed by atoms with Crippen LogP contribution in [0, 0.1) is 0 Å². The van der Waals surface area contributed by atoms with Gasteiger partial charge in [-0.25, -0.2) is 0 Å². The molecule has 0 fully saturated rings. The standard InChI is InChI=1S/C18H18F3N/c1-17(2,10-18(19,20)21)15-8-7-13-12-6-4-3-5-11(12)9-14(13)16(15)22/h3-8H,9-10,22H2,1-2H3. The molecule has 1 aliphatic carbocycles. The summed E-state index contributed by atoms with van der Waals surface area (Å²) in [6.45, 7) is 3.20. The Balaban J connectivity index is 2.06. The van der Waals surface area contributed by atoms with Crippen molar-refractivity contribution < 1.29 is 13.2 Å². The molecule has 1 aliphatic rings. The second-order valence-corrected chi connectivity index (χ2v) is 6.56. The molecule has 0 spiro atoms. The van der Waals surface area contributed by atoms with E-state index in [1.54, 1.807) is 19.9 Å². The zero-order valence-corrected chi connectivity index (χ0v) is 12.6. The van der Waals surface area contributed by atoms with Gasteiger partial charge in [0.25, 0.3) is 0 Å². The maximum Gasteiger partial charge on any atom is 0.389 e. The van der Waals surface area contributed by atoms with Crippen molar-refractivity contribution in [2.45, 2.75) is 38.3 Å². The number of benzene rings is 2. The van der Waals surface area contributed by atoms with Crippen molar-refractivity contribution in [3.8, 4) is 11.1 Å². The van der Waals surface area contributed by atoms with E-state index in [1.165, 1.54) is 5.56 Å². The average Bonchev–Trinajstić information content (AvgIpc) is 2.76. The first kappa shape index (κ1) is 14.9. The highest BCUT2D eigenvalue weighted by Crippen LogP contribution is 2.45. The third-order valence-corrected chi connectivity index (χ3v) is 4.40. The maximum absolute atomic E-state index is 12.8. The van der Waals surface area contributed by atoms with Crippen molar-refractivity contribution in [3.05, 3.63) is 53.1 Å². The number of halogens is 3. The molecule has 0 aromatic heterocycles. The summed E-state index contributed by atoms with van der Waals surface area (Å²) in [5.41, 5.74) is 10.6. The number of hydrogen-bond donors (Lipinski definition) is 1. The molecule has 2 N–H and O–H groups in total. The fourth-order valence-corrected chi connectivity index (χ4v) is 3.42. The molecule has 0 bridgehead atoms. The van der Waals surface area contributed by atoms with Gasteiger partial charge in [-0.05, 0) is 27.8 Å². The number of rotatable bonds is 2. The largest absolute Gasteiger partial charge is 0.398 e. The molecule has 0 radical (unpaired) electrons. The number of alkyl halides is 3. The van der Waals surface area contributed by atoms with E-state index in [-0.39, 0.29) is 0 Å². The van der Waals surface area contributed by atoms with Crippen LogP contribution in [0.3, 0.4) is 0 Å². The normalized spacial score (nSPS) is 13.9. The van der Waals surface area contributed by atoms with Gasteiger partial charge in [0.15, 0.2) is 0 Å². The molecule has 0 amide bonds. The van der Waals surface area contributed by atoms with Gasteiger partial charge in [-0.1, -0.05) is 50.2 Å². The molecule has 0 saturated carbocycles. The summed E-state index contributed by atoms with van der Waals surface area (Å²) >= 11 is 0. The van der Waals surface area contributed by atoms with Gasteiger partial charge in [-0.15, -0.1) is 0 Å². The van der Waals surface area contributed by atoms with E-state index in [2.05, 4.69) is 0 Å². The Morgan fingerprint density at radius 3 is 2.36 bits per heavy atom. The molecule has 4 heteroatoms. The molecule has 1 nitrogen and oxygen atoms in total. The lowest BCUT2D eigenvalue weighted by Crippen LogP contribution is -2.27. The lowest BCUT2D eigenvalue weighted by atomic mass is 9.79. The number of nitrogen functional groups attached to an aromatic ring is 1. The molecule has 22 heavy (non-hydrogen) atoms. The summed E-state index contributed by atoms with van der Waals surface area (Å²) in [4.78, 5) is 0. The number of nitrogens with two attached hydrogens (primary N) is 1. The van der Waals surface area contributed by atoms with E-state index < -0.39 is 18.0 Å².